The third kappa shape index (κ3) is 2.95. The Balaban J connectivity index is 2.01. The molecule has 3 rings (SSSR count). The molecule has 0 amide bonds. The average molecular weight is 339 g/mol. The van der Waals surface area contributed by atoms with Gasteiger partial charge in [0.05, 0.1) is 6.10 Å². The van der Waals surface area contributed by atoms with Gasteiger partial charge in [-0.15, -0.1) is 35.0 Å². The zero-order valence-electron chi connectivity index (χ0n) is 11.4. The minimum atomic E-state index is -0.580. The highest BCUT2D eigenvalue weighted by atomic mass is 35.5. The Hall–Kier alpha value is -0.670. The zero-order chi connectivity index (χ0) is 14.7. The molecule has 0 N–H and O–H groups in total. The van der Waals surface area contributed by atoms with Gasteiger partial charge in [-0.25, -0.2) is 0 Å². The van der Waals surface area contributed by atoms with Gasteiger partial charge in [0, 0.05) is 11.6 Å². The first-order valence-corrected chi connectivity index (χ1v) is 8.84. The van der Waals surface area contributed by atoms with Crippen LogP contribution in [0.15, 0.2) is 60.7 Å². The van der Waals surface area contributed by atoms with E-state index in [9.17, 15) is 0 Å². The van der Waals surface area contributed by atoms with Gasteiger partial charge in [-0.1, -0.05) is 60.7 Å². The first-order chi connectivity index (χ1) is 10.3. The second-order valence-electron chi connectivity index (χ2n) is 5.01. The summed E-state index contributed by atoms with van der Waals surface area (Å²) in [6.45, 7) is 0. The van der Waals surface area contributed by atoms with Crippen molar-refractivity contribution in [3.8, 4) is 0 Å². The molecule has 0 radical (unpaired) electrons. The summed E-state index contributed by atoms with van der Waals surface area (Å²) < 4.78 is 6.30. The van der Waals surface area contributed by atoms with E-state index in [-0.39, 0.29) is 11.5 Å². The van der Waals surface area contributed by atoms with Gasteiger partial charge >= 0.3 is 0 Å². The van der Waals surface area contributed by atoms with Crippen LogP contribution in [0.4, 0.5) is 0 Å². The van der Waals surface area contributed by atoms with E-state index in [2.05, 4.69) is 12.1 Å². The molecule has 1 heterocycles. The summed E-state index contributed by atoms with van der Waals surface area (Å²) in [5, 5.41) is -0.265. The SMILES string of the molecule is ClCC1CSC(c2ccccc2)(C(Cl)c2ccccc2)O1. The highest BCUT2D eigenvalue weighted by molar-refractivity contribution is 8.00. The molecule has 1 aliphatic rings. The minimum absolute atomic E-state index is 0.0295. The second-order valence-corrected chi connectivity index (χ2v) is 6.99. The fraction of sp³-hybridized carbons (Fsp3) is 0.294. The average Bonchev–Trinajstić information content (AvgIpc) is 3.01. The molecule has 1 fully saturated rings. The molecule has 4 heteroatoms. The van der Waals surface area contributed by atoms with Crippen molar-refractivity contribution >= 4 is 35.0 Å². The number of hydrogen-bond acceptors (Lipinski definition) is 2. The summed E-state index contributed by atoms with van der Waals surface area (Å²) in [4.78, 5) is -0.580. The van der Waals surface area contributed by atoms with E-state index in [1.54, 1.807) is 11.8 Å². The first kappa shape index (κ1) is 15.2. The number of alkyl halides is 2. The lowest BCUT2D eigenvalue weighted by molar-refractivity contribution is -0.00240. The molecule has 0 saturated carbocycles. The summed E-state index contributed by atoms with van der Waals surface area (Å²) in [7, 11) is 0. The van der Waals surface area contributed by atoms with Crippen molar-refractivity contribution in [3.05, 3.63) is 71.8 Å². The van der Waals surface area contributed by atoms with E-state index in [1.165, 1.54) is 0 Å². The van der Waals surface area contributed by atoms with Crippen LogP contribution in [0.5, 0.6) is 0 Å². The quantitative estimate of drug-likeness (QED) is 0.709. The number of hydrogen-bond donors (Lipinski definition) is 0. The molecule has 1 nitrogen and oxygen atoms in total. The Labute approximate surface area is 139 Å². The molecule has 110 valence electrons. The van der Waals surface area contributed by atoms with E-state index in [4.69, 9.17) is 27.9 Å². The van der Waals surface area contributed by atoms with Gasteiger partial charge in [0.1, 0.15) is 5.38 Å². The summed E-state index contributed by atoms with van der Waals surface area (Å²) in [5.41, 5.74) is 2.15. The summed E-state index contributed by atoms with van der Waals surface area (Å²) in [6, 6.07) is 20.3. The van der Waals surface area contributed by atoms with Crippen LogP contribution in [-0.4, -0.2) is 17.7 Å². The van der Waals surface area contributed by atoms with Crippen LogP contribution in [-0.2, 0) is 9.67 Å². The summed E-state index contributed by atoms with van der Waals surface area (Å²) >= 11 is 14.6. The first-order valence-electron chi connectivity index (χ1n) is 6.88. The molecule has 3 unspecified atom stereocenters. The summed E-state index contributed by atoms with van der Waals surface area (Å²) in [5.74, 6) is 1.34. The van der Waals surface area contributed by atoms with Crippen LogP contribution in [0.1, 0.15) is 16.5 Å². The number of ether oxygens (including phenoxy) is 1. The van der Waals surface area contributed by atoms with E-state index in [1.807, 2.05) is 48.5 Å². The van der Waals surface area contributed by atoms with Crippen LogP contribution in [0, 0.1) is 0 Å². The zero-order valence-corrected chi connectivity index (χ0v) is 13.7. The number of rotatable bonds is 4. The molecule has 1 aliphatic heterocycles. The Morgan fingerprint density at radius 1 is 1.10 bits per heavy atom. The number of halogens is 2. The topological polar surface area (TPSA) is 9.23 Å². The normalized spacial score (nSPS) is 26.7. The third-order valence-corrected chi connectivity index (χ3v) is 6.17. The summed E-state index contributed by atoms with van der Waals surface area (Å²) in [6.07, 6.45) is 0.0295. The van der Waals surface area contributed by atoms with Crippen LogP contribution >= 0.6 is 35.0 Å². The third-order valence-electron chi connectivity index (χ3n) is 3.60. The van der Waals surface area contributed by atoms with Crippen molar-refractivity contribution in [2.75, 3.05) is 11.6 Å². The second kappa shape index (κ2) is 6.62. The molecule has 1 saturated heterocycles. The van der Waals surface area contributed by atoms with E-state index < -0.39 is 4.93 Å². The van der Waals surface area contributed by atoms with Crippen molar-refractivity contribution in [2.24, 2.45) is 0 Å². The Bertz CT molecular complexity index is 578. The Kier molecular flexibility index (Phi) is 4.80. The maximum absolute atomic E-state index is 6.84. The highest BCUT2D eigenvalue weighted by Crippen LogP contribution is 2.55. The molecule has 0 spiro atoms. The lowest BCUT2D eigenvalue weighted by Gasteiger charge is -2.33. The van der Waals surface area contributed by atoms with E-state index >= 15 is 0 Å². The largest absolute Gasteiger partial charge is 0.353 e. The molecule has 0 aromatic heterocycles. The van der Waals surface area contributed by atoms with Crippen molar-refractivity contribution in [1.29, 1.82) is 0 Å². The fourth-order valence-electron chi connectivity index (χ4n) is 2.55. The van der Waals surface area contributed by atoms with Gasteiger partial charge < -0.3 is 4.74 Å². The maximum atomic E-state index is 6.84. The van der Waals surface area contributed by atoms with Gasteiger partial charge in [0.25, 0.3) is 0 Å². The lowest BCUT2D eigenvalue weighted by Crippen LogP contribution is -2.29. The van der Waals surface area contributed by atoms with Crippen molar-refractivity contribution in [3.63, 3.8) is 0 Å². The maximum Gasteiger partial charge on any atom is 0.160 e. The van der Waals surface area contributed by atoms with Crippen LogP contribution in [0.25, 0.3) is 0 Å². The molecule has 2 aromatic carbocycles. The van der Waals surface area contributed by atoms with Crippen molar-refractivity contribution in [2.45, 2.75) is 16.4 Å². The number of benzene rings is 2. The highest BCUT2D eigenvalue weighted by Gasteiger charge is 2.48. The molecular weight excluding hydrogens is 323 g/mol. The molecule has 3 atom stereocenters. The molecule has 0 aliphatic carbocycles. The molecule has 21 heavy (non-hydrogen) atoms. The fourth-order valence-corrected chi connectivity index (χ4v) is 4.77. The van der Waals surface area contributed by atoms with Crippen molar-refractivity contribution in [1.82, 2.24) is 0 Å². The van der Waals surface area contributed by atoms with Gasteiger partial charge in [-0.2, -0.15) is 0 Å². The van der Waals surface area contributed by atoms with E-state index in [0.29, 0.717) is 5.88 Å². The number of thioether (sulfide) groups is 1. The van der Waals surface area contributed by atoms with Crippen LogP contribution < -0.4 is 0 Å². The van der Waals surface area contributed by atoms with Gasteiger partial charge in [0.15, 0.2) is 4.93 Å². The molecular formula is C17H16Cl2OS. The Morgan fingerprint density at radius 3 is 2.29 bits per heavy atom. The Morgan fingerprint density at radius 2 is 1.71 bits per heavy atom. The lowest BCUT2D eigenvalue weighted by atomic mass is 9.99. The predicted molar refractivity (Wildman–Crippen MR) is 91.2 cm³/mol. The minimum Gasteiger partial charge on any atom is -0.353 e. The van der Waals surface area contributed by atoms with Gasteiger partial charge in [-0.05, 0) is 11.1 Å². The van der Waals surface area contributed by atoms with E-state index in [0.717, 1.165) is 16.9 Å². The van der Waals surface area contributed by atoms with Crippen LogP contribution in [0.2, 0.25) is 0 Å². The van der Waals surface area contributed by atoms with Gasteiger partial charge in [-0.3, -0.25) is 0 Å². The van der Waals surface area contributed by atoms with Crippen LogP contribution in [0.3, 0.4) is 0 Å². The molecule has 0 bridgehead atoms. The molecule has 2 aromatic rings. The monoisotopic (exact) mass is 338 g/mol. The predicted octanol–water partition coefficient (Wildman–Crippen LogP) is 5.19. The van der Waals surface area contributed by atoms with Gasteiger partial charge in [0.2, 0.25) is 0 Å². The standard InChI is InChI=1S/C17H16Cl2OS/c18-11-15-12-21-17(20-15,14-9-5-2-6-10-14)16(19)13-7-3-1-4-8-13/h1-10,15-16H,11-12H2. The van der Waals surface area contributed by atoms with Crippen molar-refractivity contribution < 1.29 is 4.74 Å². The smallest absolute Gasteiger partial charge is 0.160 e.